The molecule has 27 heavy (non-hydrogen) atoms. The minimum atomic E-state index is -4.25. The van der Waals surface area contributed by atoms with Gasteiger partial charge < -0.3 is 9.84 Å². The van der Waals surface area contributed by atoms with Crippen molar-refractivity contribution in [2.24, 2.45) is 0 Å². The van der Waals surface area contributed by atoms with Crippen molar-refractivity contribution in [1.82, 2.24) is 9.29 Å². The fourth-order valence-corrected chi connectivity index (χ4v) is 4.01. The summed E-state index contributed by atoms with van der Waals surface area (Å²) in [4.78, 5) is 15.5. The number of methoxy groups -OCH3 is 1. The van der Waals surface area contributed by atoms with E-state index in [0.29, 0.717) is 11.3 Å². The molecule has 0 saturated carbocycles. The summed E-state index contributed by atoms with van der Waals surface area (Å²) in [5, 5.41) is 9.51. The molecule has 9 heteroatoms. The second kappa shape index (κ2) is 8.74. The van der Waals surface area contributed by atoms with Crippen LogP contribution in [0.1, 0.15) is 12.0 Å². The molecule has 2 aromatic rings. The van der Waals surface area contributed by atoms with E-state index in [1.807, 2.05) is 0 Å². The summed E-state index contributed by atoms with van der Waals surface area (Å²) >= 11 is 0. The fourth-order valence-electron chi connectivity index (χ4n) is 2.44. The van der Waals surface area contributed by atoms with Crippen LogP contribution >= 0.6 is 0 Å². The van der Waals surface area contributed by atoms with Crippen molar-refractivity contribution in [3.05, 3.63) is 66.8 Å². The second-order valence-electron chi connectivity index (χ2n) is 5.66. The third-order valence-electron chi connectivity index (χ3n) is 3.77. The topological polar surface area (TPSA) is 96.8 Å². The van der Waals surface area contributed by atoms with E-state index < -0.39 is 34.3 Å². The Kier molecular flexibility index (Phi) is 6.65. The van der Waals surface area contributed by atoms with Gasteiger partial charge in [-0.15, -0.1) is 0 Å². The summed E-state index contributed by atoms with van der Waals surface area (Å²) in [7, 11) is -2.82. The van der Waals surface area contributed by atoms with Crippen molar-refractivity contribution in [2.45, 2.75) is 23.9 Å². The van der Waals surface area contributed by atoms with Gasteiger partial charge in [-0.2, -0.15) is 4.31 Å². The van der Waals surface area contributed by atoms with Gasteiger partial charge in [0.05, 0.1) is 17.8 Å². The van der Waals surface area contributed by atoms with Gasteiger partial charge in [-0.3, -0.25) is 9.78 Å². The van der Waals surface area contributed by atoms with Gasteiger partial charge in [0.15, 0.2) is 0 Å². The first kappa shape index (κ1) is 20.5. The molecule has 0 aliphatic carbocycles. The van der Waals surface area contributed by atoms with Crippen LogP contribution in [-0.4, -0.2) is 41.9 Å². The predicted octanol–water partition coefficient (Wildman–Crippen LogP) is 2.61. The molecule has 0 radical (unpaired) electrons. The summed E-state index contributed by atoms with van der Waals surface area (Å²) in [6.07, 6.45) is 2.26. The Morgan fingerprint density at radius 1 is 1.33 bits per heavy atom. The number of ether oxygens (including phenoxy) is 1. The Balaban J connectivity index is 2.51. The first-order valence-electron chi connectivity index (χ1n) is 7.86. The quantitative estimate of drug-likeness (QED) is 0.702. The number of hydrogen-bond donors (Lipinski definition) is 1. The van der Waals surface area contributed by atoms with Crippen LogP contribution in [0.4, 0.5) is 4.39 Å². The second-order valence-corrected chi connectivity index (χ2v) is 7.55. The maximum Gasteiger partial charge on any atom is 0.322 e. The van der Waals surface area contributed by atoms with Gasteiger partial charge in [0, 0.05) is 25.4 Å². The number of benzene rings is 1. The van der Waals surface area contributed by atoms with Crippen molar-refractivity contribution in [2.75, 3.05) is 7.11 Å². The van der Waals surface area contributed by atoms with Gasteiger partial charge in [0.1, 0.15) is 11.8 Å². The monoisotopic (exact) mass is 394 g/mol. The van der Waals surface area contributed by atoms with E-state index in [1.165, 1.54) is 43.8 Å². The van der Waals surface area contributed by atoms with Crippen molar-refractivity contribution in [3.8, 4) is 5.75 Å². The lowest BCUT2D eigenvalue weighted by Crippen LogP contribution is -2.44. The molecule has 2 rings (SSSR count). The standard InChI is InChI=1S/C18H19FN2O5S/c1-13(19)10-17(18(22)23)21(12-14-4-3-9-20-11-14)27(24,25)16-7-5-15(26-2)6-8-16/h3-9,11,17H,1,10,12H2,2H3,(H,22,23)/t17-/m1/s1. The van der Waals surface area contributed by atoms with Crippen LogP contribution in [0, 0.1) is 0 Å². The van der Waals surface area contributed by atoms with Gasteiger partial charge in [-0.05, 0) is 35.9 Å². The van der Waals surface area contributed by atoms with Crippen LogP contribution in [0.2, 0.25) is 0 Å². The van der Waals surface area contributed by atoms with Crippen molar-refractivity contribution in [3.63, 3.8) is 0 Å². The average Bonchev–Trinajstić information content (AvgIpc) is 2.65. The normalized spacial score (nSPS) is 12.6. The summed E-state index contributed by atoms with van der Waals surface area (Å²) in [6.45, 7) is 2.78. The van der Waals surface area contributed by atoms with Gasteiger partial charge in [0.25, 0.3) is 0 Å². The van der Waals surface area contributed by atoms with E-state index >= 15 is 0 Å². The van der Waals surface area contributed by atoms with Gasteiger partial charge >= 0.3 is 5.97 Å². The average molecular weight is 394 g/mol. The molecule has 0 fully saturated rings. The number of carboxylic acids is 1. The summed E-state index contributed by atoms with van der Waals surface area (Å²) in [5.74, 6) is -1.96. The minimum Gasteiger partial charge on any atom is -0.497 e. The molecule has 0 unspecified atom stereocenters. The molecule has 0 aliphatic heterocycles. The highest BCUT2D eigenvalue weighted by molar-refractivity contribution is 7.89. The van der Waals surface area contributed by atoms with Crippen LogP contribution in [0.25, 0.3) is 0 Å². The molecule has 1 N–H and O–H groups in total. The van der Waals surface area contributed by atoms with E-state index in [9.17, 15) is 22.7 Å². The highest BCUT2D eigenvalue weighted by Crippen LogP contribution is 2.26. The molecular weight excluding hydrogens is 375 g/mol. The van der Waals surface area contributed by atoms with Crippen LogP contribution in [-0.2, 0) is 21.4 Å². The first-order chi connectivity index (χ1) is 12.8. The third kappa shape index (κ3) is 5.11. The van der Waals surface area contributed by atoms with E-state index in [2.05, 4.69) is 11.6 Å². The van der Waals surface area contributed by atoms with Crippen LogP contribution in [0.5, 0.6) is 5.75 Å². The lowest BCUT2D eigenvalue weighted by atomic mass is 10.2. The van der Waals surface area contributed by atoms with Crippen LogP contribution < -0.4 is 4.74 Å². The molecule has 0 amide bonds. The van der Waals surface area contributed by atoms with Gasteiger partial charge in [-0.1, -0.05) is 12.6 Å². The molecule has 7 nitrogen and oxygen atoms in total. The van der Waals surface area contributed by atoms with Gasteiger partial charge in [-0.25, -0.2) is 12.8 Å². The lowest BCUT2D eigenvalue weighted by molar-refractivity contribution is -0.141. The molecule has 1 atom stereocenters. The Morgan fingerprint density at radius 3 is 2.48 bits per heavy atom. The Labute approximate surface area is 156 Å². The molecule has 0 spiro atoms. The lowest BCUT2D eigenvalue weighted by Gasteiger charge is -2.28. The van der Waals surface area contributed by atoms with Crippen LogP contribution in [0.3, 0.4) is 0 Å². The van der Waals surface area contributed by atoms with Crippen molar-refractivity contribution >= 4 is 16.0 Å². The number of rotatable bonds is 9. The molecule has 0 bridgehead atoms. The van der Waals surface area contributed by atoms with Crippen molar-refractivity contribution < 1.29 is 27.4 Å². The zero-order chi connectivity index (χ0) is 20.0. The van der Waals surface area contributed by atoms with Crippen LogP contribution in [0.15, 0.2) is 66.1 Å². The SMILES string of the molecule is C=C(F)C[C@H](C(=O)O)N(Cc1cccnc1)S(=O)(=O)c1ccc(OC)cc1. The number of halogens is 1. The first-order valence-corrected chi connectivity index (χ1v) is 9.30. The van der Waals surface area contributed by atoms with E-state index in [4.69, 9.17) is 4.74 Å². The van der Waals surface area contributed by atoms with Gasteiger partial charge in [0.2, 0.25) is 10.0 Å². The highest BCUT2D eigenvalue weighted by atomic mass is 32.2. The Morgan fingerprint density at radius 2 is 2.00 bits per heavy atom. The zero-order valence-corrected chi connectivity index (χ0v) is 15.4. The van der Waals surface area contributed by atoms with E-state index in [-0.39, 0.29) is 11.4 Å². The number of sulfonamides is 1. The number of carboxylic acid groups (broad SMARTS) is 1. The number of aliphatic carboxylic acids is 1. The predicted molar refractivity (Wildman–Crippen MR) is 96.2 cm³/mol. The molecule has 1 aromatic heterocycles. The molecule has 1 heterocycles. The summed E-state index contributed by atoms with van der Waals surface area (Å²) in [5.41, 5.74) is 0.463. The molecule has 144 valence electrons. The Bertz CT molecular complexity index is 901. The third-order valence-corrected chi connectivity index (χ3v) is 5.64. The zero-order valence-electron chi connectivity index (χ0n) is 14.6. The smallest absolute Gasteiger partial charge is 0.322 e. The van der Waals surface area contributed by atoms with E-state index in [1.54, 1.807) is 12.1 Å². The van der Waals surface area contributed by atoms with E-state index in [0.717, 1.165) is 4.31 Å². The minimum absolute atomic E-state index is 0.136. The largest absolute Gasteiger partial charge is 0.497 e. The highest BCUT2D eigenvalue weighted by Gasteiger charge is 2.36. The maximum absolute atomic E-state index is 13.4. The molecule has 0 aliphatic rings. The number of pyridine rings is 1. The Hall–Kier alpha value is -2.78. The fraction of sp³-hybridized carbons (Fsp3) is 0.222. The molecule has 1 aromatic carbocycles. The molecule has 0 saturated heterocycles. The number of carbonyl (C=O) groups is 1. The summed E-state index contributed by atoms with van der Waals surface area (Å²) < 4.78 is 45.4. The number of nitrogens with zero attached hydrogens (tertiary/aromatic N) is 2. The number of hydrogen-bond acceptors (Lipinski definition) is 5. The van der Waals surface area contributed by atoms with Crippen molar-refractivity contribution in [1.29, 1.82) is 0 Å². The molecular formula is C18H19FN2O5S. The number of aromatic nitrogens is 1. The summed E-state index contributed by atoms with van der Waals surface area (Å²) in [6, 6.07) is 7.03. The maximum atomic E-state index is 13.4.